The molecule has 118 valence electrons. The number of carbonyl (C=O) groups is 1. The lowest BCUT2D eigenvalue weighted by Gasteiger charge is -2.34. The topological polar surface area (TPSA) is 36.4 Å². The van der Waals surface area contributed by atoms with E-state index in [-0.39, 0.29) is 5.91 Å². The number of aromatic nitrogens is 1. The molecule has 1 amide bonds. The second-order valence-electron chi connectivity index (χ2n) is 5.65. The van der Waals surface area contributed by atoms with Crippen molar-refractivity contribution in [2.24, 2.45) is 0 Å². The molecule has 0 radical (unpaired) electrons. The third-order valence-electron chi connectivity index (χ3n) is 4.12. The van der Waals surface area contributed by atoms with Crippen LogP contribution in [0.1, 0.15) is 22.6 Å². The Labute approximate surface area is 139 Å². The van der Waals surface area contributed by atoms with Gasteiger partial charge in [-0.3, -0.25) is 9.69 Å². The molecule has 0 aliphatic carbocycles. The zero-order valence-electron chi connectivity index (χ0n) is 12.8. The van der Waals surface area contributed by atoms with Crippen LogP contribution in [0.3, 0.4) is 0 Å². The largest absolute Gasteiger partial charge is 0.340 e. The summed E-state index contributed by atoms with van der Waals surface area (Å²) in [4.78, 5) is 22.2. The standard InChI is InChI=1S/C16H21N3OS2/c1-13-15(22-12-17-13)2-3-16(20)19-7-5-18(6-8-19)10-14-4-9-21-11-14/h4,9,11-12H,2-3,5-8,10H2,1H3. The zero-order valence-corrected chi connectivity index (χ0v) is 14.5. The molecule has 0 unspecified atom stereocenters. The minimum Gasteiger partial charge on any atom is -0.340 e. The molecule has 0 aromatic carbocycles. The molecule has 3 rings (SSSR count). The van der Waals surface area contributed by atoms with E-state index in [0.717, 1.165) is 44.8 Å². The maximum atomic E-state index is 12.3. The second kappa shape index (κ2) is 7.35. The van der Waals surface area contributed by atoms with Crippen molar-refractivity contribution in [3.8, 4) is 0 Å². The highest BCUT2D eigenvalue weighted by Crippen LogP contribution is 2.16. The van der Waals surface area contributed by atoms with Crippen LogP contribution >= 0.6 is 22.7 Å². The molecular weight excluding hydrogens is 314 g/mol. The van der Waals surface area contributed by atoms with Crippen LogP contribution in [-0.2, 0) is 17.8 Å². The Morgan fingerprint density at radius 3 is 2.77 bits per heavy atom. The fourth-order valence-corrected chi connectivity index (χ4v) is 4.18. The van der Waals surface area contributed by atoms with Crippen LogP contribution in [-0.4, -0.2) is 46.9 Å². The molecule has 1 saturated heterocycles. The minimum atomic E-state index is 0.281. The summed E-state index contributed by atoms with van der Waals surface area (Å²) >= 11 is 3.40. The van der Waals surface area contributed by atoms with E-state index in [0.29, 0.717) is 6.42 Å². The van der Waals surface area contributed by atoms with Gasteiger partial charge in [-0.1, -0.05) is 0 Å². The van der Waals surface area contributed by atoms with Gasteiger partial charge in [-0.25, -0.2) is 4.98 Å². The number of thiophene rings is 1. The first kappa shape index (κ1) is 15.6. The van der Waals surface area contributed by atoms with Crippen LogP contribution in [0.15, 0.2) is 22.3 Å². The van der Waals surface area contributed by atoms with Gasteiger partial charge in [0.25, 0.3) is 0 Å². The van der Waals surface area contributed by atoms with Gasteiger partial charge in [-0.2, -0.15) is 11.3 Å². The third kappa shape index (κ3) is 3.94. The summed E-state index contributed by atoms with van der Waals surface area (Å²) in [6, 6.07) is 2.18. The predicted octanol–water partition coefficient (Wildman–Crippen LogP) is 2.79. The molecule has 0 saturated carbocycles. The van der Waals surface area contributed by atoms with Gasteiger partial charge in [0.15, 0.2) is 0 Å². The lowest BCUT2D eigenvalue weighted by atomic mass is 10.2. The molecule has 2 aromatic rings. The molecule has 0 atom stereocenters. The molecular formula is C16H21N3OS2. The van der Waals surface area contributed by atoms with Crippen LogP contribution in [0.2, 0.25) is 0 Å². The lowest BCUT2D eigenvalue weighted by molar-refractivity contribution is -0.132. The number of thiazole rings is 1. The Hall–Kier alpha value is -1.24. The minimum absolute atomic E-state index is 0.281. The predicted molar refractivity (Wildman–Crippen MR) is 91.3 cm³/mol. The van der Waals surface area contributed by atoms with Gasteiger partial charge in [0, 0.05) is 44.0 Å². The van der Waals surface area contributed by atoms with Crippen LogP contribution in [0.25, 0.3) is 0 Å². The van der Waals surface area contributed by atoms with Crippen molar-refractivity contribution in [1.82, 2.24) is 14.8 Å². The SMILES string of the molecule is Cc1ncsc1CCC(=O)N1CCN(Cc2ccsc2)CC1. The molecule has 22 heavy (non-hydrogen) atoms. The molecule has 0 spiro atoms. The number of nitrogens with zero attached hydrogens (tertiary/aromatic N) is 3. The van der Waals surface area contributed by atoms with E-state index >= 15 is 0 Å². The van der Waals surface area contributed by atoms with E-state index in [1.54, 1.807) is 22.7 Å². The highest BCUT2D eigenvalue weighted by atomic mass is 32.1. The number of hydrogen-bond acceptors (Lipinski definition) is 5. The van der Waals surface area contributed by atoms with E-state index in [9.17, 15) is 4.79 Å². The summed E-state index contributed by atoms with van der Waals surface area (Å²) in [6.45, 7) is 6.67. The molecule has 0 bridgehead atoms. The van der Waals surface area contributed by atoms with E-state index in [2.05, 4.69) is 26.7 Å². The number of rotatable bonds is 5. The fourth-order valence-electron chi connectivity index (χ4n) is 2.74. The normalized spacial score (nSPS) is 16.1. The molecule has 1 fully saturated rings. The van der Waals surface area contributed by atoms with Crippen molar-refractivity contribution < 1.29 is 4.79 Å². The van der Waals surface area contributed by atoms with Crippen LogP contribution in [0, 0.1) is 6.92 Å². The Bertz CT molecular complexity index is 601. The van der Waals surface area contributed by atoms with E-state index in [4.69, 9.17) is 0 Å². The quantitative estimate of drug-likeness (QED) is 0.843. The van der Waals surface area contributed by atoms with E-state index < -0.39 is 0 Å². The molecule has 3 heterocycles. The monoisotopic (exact) mass is 335 g/mol. The number of amides is 1. The van der Waals surface area contributed by atoms with Gasteiger partial charge >= 0.3 is 0 Å². The summed E-state index contributed by atoms with van der Waals surface area (Å²) in [5.41, 5.74) is 4.31. The molecule has 1 aliphatic rings. The van der Waals surface area contributed by atoms with Gasteiger partial charge in [-0.15, -0.1) is 11.3 Å². The van der Waals surface area contributed by atoms with Gasteiger partial charge in [-0.05, 0) is 35.7 Å². The molecule has 1 aliphatic heterocycles. The second-order valence-corrected chi connectivity index (χ2v) is 7.37. The van der Waals surface area contributed by atoms with Crippen LogP contribution < -0.4 is 0 Å². The van der Waals surface area contributed by atoms with Crippen molar-refractivity contribution in [1.29, 1.82) is 0 Å². The molecule has 2 aromatic heterocycles. The highest BCUT2D eigenvalue weighted by Gasteiger charge is 2.21. The number of aryl methyl sites for hydroxylation is 2. The van der Waals surface area contributed by atoms with Crippen molar-refractivity contribution in [2.45, 2.75) is 26.3 Å². The summed E-state index contributed by atoms with van der Waals surface area (Å²) in [7, 11) is 0. The Kier molecular flexibility index (Phi) is 5.23. The lowest BCUT2D eigenvalue weighted by Crippen LogP contribution is -2.48. The van der Waals surface area contributed by atoms with E-state index in [1.165, 1.54) is 10.4 Å². The number of hydrogen-bond donors (Lipinski definition) is 0. The third-order valence-corrected chi connectivity index (χ3v) is 5.85. The average molecular weight is 335 g/mol. The summed E-state index contributed by atoms with van der Waals surface area (Å²) in [6.07, 6.45) is 1.43. The van der Waals surface area contributed by atoms with Crippen LogP contribution in [0.5, 0.6) is 0 Å². The number of carbonyl (C=O) groups excluding carboxylic acids is 1. The first-order valence-corrected chi connectivity index (χ1v) is 9.45. The first-order chi connectivity index (χ1) is 10.7. The first-order valence-electron chi connectivity index (χ1n) is 7.62. The van der Waals surface area contributed by atoms with Gasteiger partial charge < -0.3 is 4.90 Å². The molecule has 4 nitrogen and oxygen atoms in total. The Morgan fingerprint density at radius 1 is 1.32 bits per heavy atom. The fraction of sp³-hybridized carbons (Fsp3) is 0.500. The molecule has 6 heteroatoms. The smallest absolute Gasteiger partial charge is 0.223 e. The highest BCUT2D eigenvalue weighted by molar-refractivity contribution is 7.09. The Morgan fingerprint density at radius 2 is 2.14 bits per heavy atom. The molecule has 0 N–H and O–H groups in total. The van der Waals surface area contributed by atoms with Crippen molar-refractivity contribution >= 4 is 28.6 Å². The van der Waals surface area contributed by atoms with Crippen molar-refractivity contribution in [3.05, 3.63) is 38.5 Å². The van der Waals surface area contributed by atoms with Gasteiger partial charge in [0.1, 0.15) is 0 Å². The van der Waals surface area contributed by atoms with Crippen LogP contribution in [0.4, 0.5) is 0 Å². The van der Waals surface area contributed by atoms with Gasteiger partial charge in [0.05, 0.1) is 11.2 Å². The van der Waals surface area contributed by atoms with Crippen molar-refractivity contribution in [2.75, 3.05) is 26.2 Å². The summed E-state index contributed by atoms with van der Waals surface area (Å²) in [5.74, 6) is 0.281. The maximum Gasteiger partial charge on any atom is 0.223 e. The van der Waals surface area contributed by atoms with Gasteiger partial charge in [0.2, 0.25) is 5.91 Å². The number of piperazine rings is 1. The summed E-state index contributed by atoms with van der Waals surface area (Å²) < 4.78 is 0. The zero-order chi connectivity index (χ0) is 15.4. The van der Waals surface area contributed by atoms with E-state index in [1.807, 2.05) is 17.3 Å². The average Bonchev–Trinajstić information content (AvgIpc) is 3.17. The van der Waals surface area contributed by atoms with Crippen molar-refractivity contribution in [3.63, 3.8) is 0 Å². The Balaban J connectivity index is 1.42. The maximum absolute atomic E-state index is 12.3. The summed E-state index contributed by atoms with van der Waals surface area (Å²) in [5, 5.41) is 4.32.